The molecular weight excluding hydrogens is 406 g/mol. The molecule has 0 bridgehead atoms. The average Bonchev–Trinajstić information content (AvgIpc) is 2.72. The Bertz CT molecular complexity index is 745. The summed E-state index contributed by atoms with van der Waals surface area (Å²) in [6.45, 7) is 4.17. The van der Waals surface area contributed by atoms with Gasteiger partial charge in [0.25, 0.3) is 0 Å². The molecule has 2 N–H and O–H groups in total. The van der Waals surface area contributed by atoms with Crippen molar-refractivity contribution in [2.24, 2.45) is 0 Å². The van der Waals surface area contributed by atoms with Crippen LogP contribution in [0.4, 0.5) is 0 Å². The number of halogens is 4. The third kappa shape index (κ3) is 3.29. The zero-order valence-electron chi connectivity index (χ0n) is 13.5. The van der Waals surface area contributed by atoms with E-state index in [1.165, 1.54) is 24.3 Å². The predicted octanol–water partition coefficient (Wildman–Crippen LogP) is 6.20. The van der Waals surface area contributed by atoms with E-state index in [0.717, 1.165) is 0 Å². The minimum Gasteiger partial charge on any atom is -0.508 e. The van der Waals surface area contributed by atoms with Crippen LogP contribution in [0.25, 0.3) is 0 Å². The minimum atomic E-state index is -0.812. The fourth-order valence-corrected chi connectivity index (χ4v) is 5.30. The molecular formula is C18H16Cl4O3. The summed E-state index contributed by atoms with van der Waals surface area (Å²) in [6, 6.07) is 5.71. The van der Waals surface area contributed by atoms with Crippen LogP contribution in [-0.4, -0.2) is 22.4 Å². The van der Waals surface area contributed by atoms with Crippen LogP contribution in [0, 0.1) is 0 Å². The highest BCUT2D eigenvalue weighted by Gasteiger charge is 2.50. The van der Waals surface area contributed by atoms with Crippen molar-refractivity contribution in [3.63, 3.8) is 0 Å². The summed E-state index contributed by atoms with van der Waals surface area (Å²) in [5.41, 5.74) is -0.0927. The summed E-state index contributed by atoms with van der Waals surface area (Å²) in [5.74, 6) is -0.0649. The molecule has 7 heteroatoms. The molecule has 1 aliphatic rings. The molecule has 0 spiro atoms. The van der Waals surface area contributed by atoms with Gasteiger partial charge in [0.15, 0.2) is 0 Å². The Hall–Kier alpha value is -0.840. The number of phenols is 2. The highest BCUT2D eigenvalue weighted by Crippen LogP contribution is 2.55. The van der Waals surface area contributed by atoms with Gasteiger partial charge in [0.05, 0.1) is 17.6 Å². The van der Waals surface area contributed by atoms with Crippen molar-refractivity contribution in [1.29, 1.82) is 0 Å². The third-order valence-corrected chi connectivity index (χ3v) is 5.64. The number of phenolic OH excluding ortho intramolecular Hbond substituents is 2. The minimum absolute atomic E-state index is 0.0324. The SMILES string of the molecule is CC1(C)CC(c2c(Cl)cc(O)cc2Cl)(c2c(Cl)cc(O)cc2Cl)CO1. The van der Waals surface area contributed by atoms with Gasteiger partial charge in [-0.15, -0.1) is 0 Å². The first-order valence-corrected chi connectivity index (χ1v) is 9.08. The molecule has 3 rings (SSSR count). The summed E-state index contributed by atoms with van der Waals surface area (Å²) in [7, 11) is 0. The second-order valence-electron chi connectivity index (χ2n) is 6.88. The van der Waals surface area contributed by atoms with Gasteiger partial charge in [-0.2, -0.15) is 0 Å². The Balaban J connectivity index is 2.36. The van der Waals surface area contributed by atoms with E-state index in [4.69, 9.17) is 51.1 Å². The summed E-state index contributed by atoms with van der Waals surface area (Å²) < 4.78 is 5.99. The fourth-order valence-electron chi connectivity index (χ4n) is 3.63. The molecule has 0 atom stereocenters. The number of rotatable bonds is 2. The molecule has 134 valence electrons. The van der Waals surface area contributed by atoms with Crippen molar-refractivity contribution in [2.45, 2.75) is 31.3 Å². The van der Waals surface area contributed by atoms with Gasteiger partial charge in [0.1, 0.15) is 11.5 Å². The van der Waals surface area contributed by atoms with Gasteiger partial charge < -0.3 is 14.9 Å². The summed E-state index contributed by atoms with van der Waals surface area (Å²) >= 11 is 25.8. The first-order valence-electron chi connectivity index (χ1n) is 7.57. The largest absolute Gasteiger partial charge is 0.508 e. The van der Waals surface area contributed by atoms with Crippen molar-refractivity contribution in [3.05, 3.63) is 55.5 Å². The van der Waals surface area contributed by atoms with Crippen LogP contribution in [0.2, 0.25) is 20.1 Å². The molecule has 1 aliphatic heterocycles. The first kappa shape index (κ1) is 18.9. The molecule has 1 heterocycles. The normalized spacial score (nSPS) is 18.5. The Labute approximate surface area is 166 Å². The predicted molar refractivity (Wildman–Crippen MR) is 102 cm³/mol. The van der Waals surface area contributed by atoms with Gasteiger partial charge >= 0.3 is 0 Å². The number of aromatic hydroxyl groups is 2. The second kappa shape index (κ2) is 6.40. The maximum atomic E-state index is 9.78. The van der Waals surface area contributed by atoms with Crippen molar-refractivity contribution in [2.75, 3.05) is 6.61 Å². The van der Waals surface area contributed by atoms with Gasteiger partial charge in [-0.3, -0.25) is 0 Å². The van der Waals surface area contributed by atoms with Crippen LogP contribution in [0.3, 0.4) is 0 Å². The van der Waals surface area contributed by atoms with Gasteiger partial charge in [-0.05, 0) is 44.5 Å². The molecule has 25 heavy (non-hydrogen) atoms. The maximum Gasteiger partial charge on any atom is 0.118 e. The summed E-state index contributed by atoms with van der Waals surface area (Å²) in [4.78, 5) is 0. The van der Waals surface area contributed by atoms with E-state index in [1.807, 2.05) is 13.8 Å². The number of hydrogen-bond acceptors (Lipinski definition) is 3. The summed E-state index contributed by atoms with van der Waals surface area (Å²) in [6.07, 6.45) is 0.522. The number of hydrogen-bond donors (Lipinski definition) is 2. The summed E-state index contributed by atoms with van der Waals surface area (Å²) in [5, 5.41) is 20.7. The van der Waals surface area contributed by atoms with E-state index >= 15 is 0 Å². The molecule has 3 nitrogen and oxygen atoms in total. The Morgan fingerprint density at radius 1 is 0.800 bits per heavy atom. The lowest BCUT2D eigenvalue weighted by molar-refractivity contribution is 0.0348. The van der Waals surface area contributed by atoms with E-state index in [-0.39, 0.29) is 18.1 Å². The molecule has 2 aromatic rings. The highest BCUT2D eigenvalue weighted by molar-refractivity contribution is 6.38. The van der Waals surface area contributed by atoms with E-state index in [0.29, 0.717) is 37.6 Å². The van der Waals surface area contributed by atoms with Crippen LogP contribution < -0.4 is 0 Å². The first-order chi connectivity index (χ1) is 11.6. The van der Waals surface area contributed by atoms with Crippen molar-refractivity contribution in [1.82, 2.24) is 0 Å². The van der Waals surface area contributed by atoms with Gasteiger partial charge in [0.2, 0.25) is 0 Å². The van der Waals surface area contributed by atoms with Gasteiger partial charge in [0, 0.05) is 31.2 Å². The third-order valence-electron chi connectivity index (χ3n) is 4.45. The standard InChI is InChI=1S/C18H16Cl4O3/c1-17(2)7-18(8-25-17,15-11(19)3-9(23)4-12(15)20)16-13(21)5-10(24)6-14(16)22/h3-6,23-24H,7-8H2,1-2H3. The monoisotopic (exact) mass is 420 g/mol. The van der Waals surface area contributed by atoms with Crippen LogP contribution in [0.15, 0.2) is 24.3 Å². The number of ether oxygens (including phenoxy) is 1. The Morgan fingerprint density at radius 3 is 1.44 bits per heavy atom. The van der Waals surface area contributed by atoms with Crippen molar-refractivity contribution >= 4 is 46.4 Å². The topological polar surface area (TPSA) is 49.7 Å². The molecule has 0 unspecified atom stereocenters. The molecule has 0 amide bonds. The van der Waals surface area contributed by atoms with Crippen LogP contribution in [0.1, 0.15) is 31.4 Å². The van der Waals surface area contributed by atoms with E-state index in [9.17, 15) is 10.2 Å². The average molecular weight is 422 g/mol. The molecule has 1 saturated heterocycles. The van der Waals surface area contributed by atoms with Gasteiger partial charge in [-0.25, -0.2) is 0 Å². The van der Waals surface area contributed by atoms with Crippen LogP contribution in [-0.2, 0) is 10.2 Å². The zero-order chi connectivity index (χ0) is 18.6. The molecule has 2 aromatic carbocycles. The number of benzene rings is 2. The molecule has 0 aromatic heterocycles. The van der Waals surface area contributed by atoms with E-state index < -0.39 is 11.0 Å². The lowest BCUT2D eigenvalue weighted by atomic mass is 9.71. The molecule has 0 saturated carbocycles. The van der Waals surface area contributed by atoms with Crippen LogP contribution in [0.5, 0.6) is 11.5 Å². The molecule has 1 fully saturated rings. The molecule has 0 aliphatic carbocycles. The van der Waals surface area contributed by atoms with Gasteiger partial charge in [-0.1, -0.05) is 46.4 Å². The quantitative estimate of drug-likeness (QED) is 0.607. The van der Waals surface area contributed by atoms with Crippen molar-refractivity contribution < 1.29 is 14.9 Å². The van der Waals surface area contributed by atoms with Crippen LogP contribution >= 0.6 is 46.4 Å². The highest BCUT2D eigenvalue weighted by atomic mass is 35.5. The second-order valence-corrected chi connectivity index (χ2v) is 8.50. The Kier molecular flexibility index (Phi) is 4.85. The van der Waals surface area contributed by atoms with E-state index in [2.05, 4.69) is 0 Å². The lowest BCUT2D eigenvalue weighted by Crippen LogP contribution is -2.31. The zero-order valence-corrected chi connectivity index (χ0v) is 16.6. The van der Waals surface area contributed by atoms with E-state index in [1.54, 1.807) is 0 Å². The Morgan fingerprint density at radius 2 is 1.16 bits per heavy atom. The maximum absolute atomic E-state index is 9.78. The molecule has 0 radical (unpaired) electrons. The smallest absolute Gasteiger partial charge is 0.118 e. The van der Waals surface area contributed by atoms with Crippen molar-refractivity contribution in [3.8, 4) is 11.5 Å². The fraction of sp³-hybridized carbons (Fsp3) is 0.333. The lowest BCUT2D eigenvalue weighted by Gasteiger charge is -2.33.